The molecule has 0 aliphatic carbocycles. The summed E-state index contributed by atoms with van der Waals surface area (Å²) < 4.78 is 2.04. The third-order valence-electron chi connectivity index (χ3n) is 6.71. The highest BCUT2D eigenvalue weighted by molar-refractivity contribution is 8.00. The summed E-state index contributed by atoms with van der Waals surface area (Å²) in [5.41, 5.74) is 7.10. The molecule has 0 radical (unpaired) electrons. The summed E-state index contributed by atoms with van der Waals surface area (Å²) in [6.07, 6.45) is 0. The van der Waals surface area contributed by atoms with Crippen LogP contribution in [0.4, 0.5) is 5.69 Å². The van der Waals surface area contributed by atoms with Crippen molar-refractivity contribution in [2.24, 2.45) is 0 Å². The lowest BCUT2D eigenvalue weighted by Crippen LogP contribution is -2.19. The molecule has 0 bridgehead atoms. The molecule has 5 aromatic rings. The molecule has 40 heavy (non-hydrogen) atoms. The van der Waals surface area contributed by atoms with Crippen LogP contribution >= 0.6 is 11.8 Å². The Labute approximate surface area is 240 Å². The molecule has 5 rings (SSSR count). The van der Waals surface area contributed by atoms with Gasteiger partial charge in [0.15, 0.2) is 11.0 Å². The summed E-state index contributed by atoms with van der Waals surface area (Å²) in [5, 5.41) is 12.5. The molecule has 0 saturated carbocycles. The number of aromatic nitrogens is 3. The van der Waals surface area contributed by atoms with Crippen molar-refractivity contribution in [3.63, 3.8) is 0 Å². The van der Waals surface area contributed by atoms with Crippen molar-refractivity contribution in [3.8, 4) is 17.1 Å². The van der Waals surface area contributed by atoms with E-state index in [-0.39, 0.29) is 11.3 Å². The molecule has 0 unspecified atom stereocenters. The van der Waals surface area contributed by atoms with E-state index in [1.54, 1.807) is 0 Å². The van der Waals surface area contributed by atoms with Gasteiger partial charge in [-0.3, -0.25) is 9.36 Å². The minimum atomic E-state index is -0.537. The topological polar surface area (TPSA) is 59.8 Å². The number of carbonyl (C=O) groups excluding carboxylic acids is 1. The summed E-state index contributed by atoms with van der Waals surface area (Å²) in [6.45, 7) is 10.7. The van der Waals surface area contributed by atoms with E-state index in [0.717, 1.165) is 39.5 Å². The van der Waals surface area contributed by atoms with Crippen molar-refractivity contribution >= 4 is 23.4 Å². The molecule has 5 nitrogen and oxygen atoms in total. The fourth-order valence-corrected chi connectivity index (χ4v) is 5.78. The Hall–Kier alpha value is -4.16. The zero-order chi connectivity index (χ0) is 28.3. The first kappa shape index (κ1) is 27.4. The van der Waals surface area contributed by atoms with Crippen LogP contribution in [0.5, 0.6) is 0 Å². The van der Waals surface area contributed by atoms with Crippen LogP contribution in [0, 0.1) is 13.8 Å². The summed E-state index contributed by atoms with van der Waals surface area (Å²) in [5.74, 6) is 0.621. The Kier molecular flexibility index (Phi) is 7.90. The molecule has 1 heterocycles. The Morgan fingerprint density at radius 3 is 2.00 bits per heavy atom. The van der Waals surface area contributed by atoms with E-state index >= 15 is 0 Å². The lowest BCUT2D eigenvalue weighted by Gasteiger charge is -2.19. The van der Waals surface area contributed by atoms with Crippen molar-refractivity contribution in [3.05, 3.63) is 125 Å². The number of nitrogens with zero attached hydrogens (tertiary/aromatic N) is 3. The number of carbonyl (C=O) groups is 1. The predicted molar refractivity (Wildman–Crippen MR) is 165 cm³/mol. The van der Waals surface area contributed by atoms with Crippen LogP contribution in [-0.2, 0) is 10.2 Å². The van der Waals surface area contributed by atoms with Crippen molar-refractivity contribution in [2.45, 2.75) is 50.4 Å². The van der Waals surface area contributed by atoms with Crippen molar-refractivity contribution in [1.29, 1.82) is 0 Å². The number of rotatable bonds is 7. The van der Waals surface area contributed by atoms with E-state index in [2.05, 4.69) is 66.6 Å². The first-order valence-corrected chi connectivity index (χ1v) is 14.3. The normalized spacial score (nSPS) is 12.2. The van der Waals surface area contributed by atoms with Crippen LogP contribution in [0.2, 0.25) is 0 Å². The highest BCUT2D eigenvalue weighted by atomic mass is 32.2. The monoisotopic (exact) mass is 546 g/mol. The second-order valence-electron chi connectivity index (χ2n) is 11.1. The number of hydrogen-bond acceptors (Lipinski definition) is 4. The third kappa shape index (κ3) is 6.18. The van der Waals surface area contributed by atoms with Gasteiger partial charge in [-0.05, 0) is 65.8 Å². The number of nitrogens with one attached hydrogen (secondary N) is 1. The molecule has 0 aliphatic rings. The molecule has 4 aromatic carbocycles. The number of amides is 1. The average molecular weight is 547 g/mol. The van der Waals surface area contributed by atoms with Gasteiger partial charge < -0.3 is 5.32 Å². The van der Waals surface area contributed by atoms with Gasteiger partial charge in [0.05, 0.1) is 0 Å². The number of hydrogen-bond donors (Lipinski definition) is 1. The van der Waals surface area contributed by atoms with Crippen LogP contribution < -0.4 is 5.32 Å². The molecule has 1 atom stereocenters. The second-order valence-corrected chi connectivity index (χ2v) is 12.2. The summed E-state index contributed by atoms with van der Waals surface area (Å²) in [6, 6.07) is 34.4. The maximum Gasteiger partial charge on any atom is 0.242 e. The summed E-state index contributed by atoms with van der Waals surface area (Å²) >= 11 is 1.40. The van der Waals surface area contributed by atoms with E-state index < -0.39 is 5.25 Å². The third-order valence-corrected chi connectivity index (χ3v) is 7.91. The van der Waals surface area contributed by atoms with E-state index in [1.165, 1.54) is 17.3 Å². The zero-order valence-electron chi connectivity index (χ0n) is 23.6. The van der Waals surface area contributed by atoms with Gasteiger partial charge in [-0.25, -0.2) is 0 Å². The molecule has 0 saturated heterocycles. The molecule has 0 fully saturated rings. The van der Waals surface area contributed by atoms with Gasteiger partial charge in [-0.15, -0.1) is 10.2 Å². The average Bonchev–Trinajstić information content (AvgIpc) is 3.35. The largest absolute Gasteiger partial charge is 0.325 e. The standard InChI is InChI=1S/C34H34N4OS/c1-23-20-24(2)22-28(21-23)35-32(39)30(25-12-8-6-9-13-25)40-33-37-36-31(38(33)29-14-10-7-11-15-29)26-16-18-27(19-17-26)34(3,4)5/h6-22,30H,1-5H3,(H,35,39)/t30-/m0/s1. The fourth-order valence-electron chi connectivity index (χ4n) is 4.72. The molecule has 1 N–H and O–H groups in total. The summed E-state index contributed by atoms with van der Waals surface area (Å²) in [7, 11) is 0. The minimum absolute atomic E-state index is 0.0543. The Morgan fingerprint density at radius 2 is 1.40 bits per heavy atom. The molecule has 0 spiro atoms. The molecule has 0 aliphatic heterocycles. The zero-order valence-corrected chi connectivity index (χ0v) is 24.4. The number of benzene rings is 4. The van der Waals surface area contributed by atoms with E-state index in [9.17, 15) is 4.79 Å². The van der Waals surface area contributed by atoms with Gasteiger partial charge in [0.1, 0.15) is 5.25 Å². The van der Waals surface area contributed by atoms with Crippen molar-refractivity contribution in [1.82, 2.24) is 14.8 Å². The first-order chi connectivity index (χ1) is 19.2. The number of aryl methyl sites for hydroxylation is 2. The van der Waals surface area contributed by atoms with Gasteiger partial charge in [0.25, 0.3) is 0 Å². The number of anilines is 1. The van der Waals surface area contributed by atoms with Crippen LogP contribution in [-0.4, -0.2) is 20.7 Å². The first-order valence-electron chi connectivity index (χ1n) is 13.4. The summed E-state index contributed by atoms with van der Waals surface area (Å²) in [4.78, 5) is 13.8. The van der Waals surface area contributed by atoms with Gasteiger partial charge in [-0.2, -0.15) is 0 Å². The van der Waals surface area contributed by atoms with Crippen LogP contribution in [0.3, 0.4) is 0 Å². The van der Waals surface area contributed by atoms with Crippen LogP contribution in [0.25, 0.3) is 17.1 Å². The minimum Gasteiger partial charge on any atom is -0.325 e. The van der Waals surface area contributed by atoms with Gasteiger partial charge in [-0.1, -0.05) is 111 Å². The number of para-hydroxylation sites is 1. The highest BCUT2D eigenvalue weighted by Crippen LogP contribution is 2.38. The van der Waals surface area contributed by atoms with Crippen molar-refractivity contribution < 1.29 is 4.79 Å². The van der Waals surface area contributed by atoms with E-state index in [1.807, 2.05) is 91.2 Å². The molecular formula is C34H34N4OS. The van der Waals surface area contributed by atoms with E-state index in [4.69, 9.17) is 0 Å². The molecule has 202 valence electrons. The van der Waals surface area contributed by atoms with Crippen LogP contribution in [0.15, 0.2) is 108 Å². The Bertz CT molecular complexity index is 1580. The Balaban J connectivity index is 1.55. The lowest BCUT2D eigenvalue weighted by atomic mass is 9.87. The predicted octanol–water partition coefficient (Wildman–Crippen LogP) is 8.32. The van der Waals surface area contributed by atoms with E-state index in [0.29, 0.717) is 5.16 Å². The second kappa shape index (κ2) is 11.5. The maximum atomic E-state index is 13.8. The van der Waals surface area contributed by atoms with Gasteiger partial charge in [0, 0.05) is 16.9 Å². The quantitative estimate of drug-likeness (QED) is 0.209. The molecule has 1 amide bonds. The van der Waals surface area contributed by atoms with Crippen LogP contribution in [0.1, 0.15) is 48.3 Å². The molecule has 1 aromatic heterocycles. The molecule has 6 heteroatoms. The smallest absolute Gasteiger partial charge is 0.242 e. The molecular weight excluding hydrogens is 512 g/mol. The maximum absolute atomic E-state index is 13.8. The van der Waals surface area contributed by atoms with Gasteiger partial charge >= 0.3 is 0 Å². The fraction of sp³-hybridized carbons (Fsp3) is 0.206. The van der Waals surface area contributed by atoms with Crippen molar-refractivity contribution in [2.75, 3.05) is 5.32 Å². The highest BCUT2D eigenvalue weighted by Gasteiger charge is 2.27. The lowest BCUT2D eigenvalue weighted by molar-refractivity contribution is -0.115. The van der Waals surface area contributed by atoms with Gasteiger partial charge in [0.2, 0.25) is 5.91 Å². The number of thioether (sulfide) groups is 1. The Morgan fingerprint density at radius 1 is 0.800 bits per heavy atom. The SMILES string of the molecule is Cc1cc(C)cc(NC(=O)[C@@H](Sc2nnc(-c3ccc(C(C)(C)C)cc3)n2-c2ccccc2)c2ccccc2)c1.